The number of ether oxygens (including phenoxy) is 1. The zero-order chi connectivity index (χ0) is 8.97. The van der Waals surface area contributed by atoms with Gasteiger partial charge >= 0.3 is 0 Å². The minimum Gasteiger partial charge on any atom is -0.476 e. The number of halogens is 2. The van der Waals surface area contributed by atoms with E-state index in [1.165, 1.54) is 0 Å². The Balaban J connectivity index is 3.04. The van der Waals surface area contributed by atoms with Crippen LogP contribution in [0, 0.1) is 0 Å². The first-order valence-electron chi connectivity index (χ1n) is 3.22. The third-order valence-corrected chi connectivity index (χ3v) is 1.84. The number of benzene rings is 1. The fourth-order valence-corrected chi connectivity index (χ4v) is 1.13. The molecule has 1 rings (SSSR count). The summed E-state index contributed by atoms with van der Waals surface area (Å²) in [6, 6.07) is 4.95. The molecule has 0 unspecified atom stereocenters. The second kappa shape index (κ2) is 4.33. The number of carbonyl (C=O) groups is 1. The van der Waals surface area contributed by atoms with Crippen LogP contribution in [0.25, 0.3) is 0 Å². The second-order valence-corrected chi connectivity index (χ2v) is 2.63. The summed E-state index contributed by atoms with van der Waals surface area (Å²) in [6.07, 6.45) is 0.670. The molecule has 0 amide bonds. The smallest absolute Gasteiger partial charge is 0.162 e. The van der Waals surface area contributed by atoms with Gasteiger partial charge in [0.2, 0.25) is 0 Å². The average molecular weight is 205 g/mol. The van der Waals surface area contributed by atoms with Crippen molar-refractivity contribution >= 4 is 29.5 Å². The van der Waals surface area contributed by atoms with E-state index in [0.717, 1.165) is 0 Å². The quantitative estimate of drug-likeness (QED) is 0.560. The van der Waals surface area contributed by atoms with E-state index < -0.39 is 0 Å². The first-order chi connectivity index (χ1) is 5.79. The van der Waals surface area contributed by atoms with E-state index in [0.29, 0.717) is 22.6 Å². The van der Waals surface area contributed by atoms with Crippen molar-refractivity contribution in [2.24, 2.45) is 0 Å². The molecule has 2 nitrogen and oxygen atoms in total. The second-order valence-electron chi connectivity index (χ2n) is 2.03. The highest BCUT2D eigenvalue weighted by atomic mass is 35.5. The Kier molecular flexibility index (Phi) is 3.38. The van der Waals surface area contributed by atoms with Gasteiger partial charge in [-0.3, -0.25) is 4.79 Å². The van der Waals surface area contributed by atoms with Gasteiger partial charge in [0.1, 0.15) is 5.75 Å². The molecule has 0 spiro atoms. The average Bonchev–Trinajstić information content (AvgIpc) is 2.09. The van der Waals surface area contributed by atoms with Gasteiger partial charge in [-0.05, 0) is 12.1 Å². The van der Waals surface area contributed by atoms with E-state index in [-0.39, 0.29) is 6.07 Å². The third kappa shape index (κ3) is 1.90. The van der Waals surface area contributed by atoms with Crippen LogP contribution in [0.2, 0.25) is 5.02 Å². The number of rotatable bonds is 3. The van der Waals surface area contributed by atoms with Crippen LogP contribution >= 0.6 is 23.2 Å². The lowest BCUT2D eigenvalue weighted by Crippen LogP contribution is -1.92. The molecule has 64 valence electrons. The molecule has 1 aromatic carbocycles. The third-order valence-electron chi connectivity index (χ3n) is 1.33. The lowest BCUT2D eigenvalue weighted by molar-refractivity contribution is 0.112. The first-order valence-corrected chi connectivity index (χ1v) is 4.13. The van der Waals surface area contributed by atoms with Crippen LogP contribution in [-0.2, 0) is 0 Å². The molecule has 0 bridgehead atoms. The Hall–Kier alpha value is -0.730. The van der Waals surface area contributed by atoms with Gasteiger partial charge in [0, 0.05) is 5.56 Å². The van der Waals surface area contributed by atoms with E-state index in [1.54, 1.807) is 18.2 Å². The lowest BCUT2D eigenvalue weighted by Gasteiger charge is -2.04. The van der Waals surface area contributed by atoms with E-state index in [1.807, 2.05) is 0 Å². The molecule has 0 heterocycles. The zero-order valence-electron chi connectivity index (χ0n) is 6.09. The Morgan fingerprint density at radius 2 is 2.25 bits per heavy atom. The maximum absolute atomic E-state index is 10.4. The van der Waals surface area contributed by atoms with Gasteiger partial charge in [-0.2, -0.15) is 0 Å². The maximum Gasteiger partial charge on any atom is 0.162 e. The Bertz CT molecular complexity index is 286. The van der Waals surface area contributed by atoms with Crippen molar-refractivity contribution in [3.8, 4) is 5.75 Å². The van der Waals surface area contributed by atoms with Gasteiger partial charge in [-0.15, -0.1) is 0 Å². The summed E-state index contributed by atoms with van der Waals surface area (Å²) in [6.45, 7) is 0. The maximum atomic E-state index is 10.4. The first kappa shape index (κ1) is 9.36. The van der Waals surface area contributed by atoms with Crippen LogP contribution in [-0.4, -0.2) is 12.4 Å². The molecule has 12 heavy (non-hydrogen) atoms. The fourth-order valence-electron chi connectivity index (χ4n) is 0.789. The summed E-state index contributed by atoms with van der Waals surface area (Å²) < 4.78 is 4.95. The molecule has 0 radical (unpaired) electrons. The predicted molar refractivity (Wildman–Crippen MR) is 48.2 cm³/mol. The van der Waals surface area contributed by atoms with Crippen LogP contribution in [0.4, 0.5) is 0 Å². The van der Waals surface area contributed by atoms with Crippen molar-refractivity contribution in [3.63, 3.8) is 0 Å². The fraction of sp³-hybridized carbons (Fsp3) is 0.125. The number of alkyl halides is 1. The largest absolute Gasteiger partial charge is 0.476 e. The normalized spacial score (nSPS) is 9.50. The monoisotopic (exact) mass is 204 g/mol. The molecular weight excluding hydrogens is 199 g/mol. The minimum atomic E-state index is 0.0159. The summed E-state index contributed by atoms with van der Waals surface area (Å²) in [7, 11) is 0. The molecule has 1 aromatic rings. The van der Waals surface area contributed by atoms with Crippen LogP contribution in [0.3, 0.4) is 0 Å². The van der Waals surface area contributed by atoms with Crippen molar-refractivity contribution in [1.29, 1.82) is 0 Å². The van der Waals surface area contributed by atoms with Gasteiger partial charge in [0.15, 0.2) is 12.4 Å². The van der Waals surface area contributed by atoms with Crippen molar-refractivity contribution < 1.29 is 9.53 Å². The Morgan fingerprint density at radius 3 is 2.83 bits per heavy atom. The predicted octanol–water partition coefficient (Wildman–Crippen LogP) is 2.73. The van der Waals surface area contributed by atoms with E-state index in [2.05, 4.69) is 0 Å². The van der Waals surface area contributed by atoms with Gasteiger partial charge in [0.25, 0.3) is 0 Å². The van der Waals surface area contributed by atoms with Gasteiger partial charge in [0.05, 0.1) is 5.02 Å². The van der Waals surface area contributed by atoms with E-state index in [4.69, 9.17) is 27.9 Å². The molecular formula is C8H6Cl2O2. The highest BCUT2D eigenvalue weighted by Crippen LogP contribution is 2.26. The highest BCUT2D eigenvalue weighted by molar-refractivity contribution is 6.34. The Labute approximate surface area is 80.0 Å². The SMILES string of the molecule is O=Cc1cccc(OCCl)c1Cl. The summed E-state index contributed by atoms with van der Waals surface area (Å²) in [5.41, 5.74) is 0.402. The molecule has 0 saturated carbocycles. The number of hydrogen-bond donors (Lipinski definition) is 0. The van der Waals surface area contributed by atoms with Crippen LogP contribution < -0.4 is 4.74 Å². The van der Waals surface area contributed by atoms with Crippen molar-refractivity contribution in [1.82, 2.24) is 0 Å². The van der Waals surface area contributed by atoms with Crippen LogP contribution in [0.15, 0.2) is 18.2 Å². The topological polar surface area (TPSA) is 26.3 Å². The van der Waals surface area contributed by atoms with Gasteiger partial charge < -0.3 is 4.74 Å². The number of hydrogen-bond acceptors (Lipinski definition) is 2. The molecule has 0 aliphatic rings. The summed E-state index contributed by atoms with van der Waals surface area (Å²) in [4.78, 5) is 10.4. The summed E-state index contributed by atoms with van der Waals surface area (Å²) in [5.74, 6) is 0.427. The minimum absolute atomic E-state index is 0.0159. The molecule has 4 heteroatoms. The van der Waals surface area contributed by atoms with Crippen molar-refractivity contribution in [2.75, 3.05) is 6.07 Å². The molecule has 0 saturated heterocycles. The van der Waals surface area contributed by atoms with Crippen molar-refractivity contribution in [2.45, 2.75) is 0 Å². The molecule has 0 aliphatic heterocycles. The van der Waals surface area contributed by atoms with Crippen molar-refractivity contribution in [3.05, 3.63) is 28.8 Å². The molecule has 0 aliphatic carbocycles. The summed E-state index contributed by atoms with van der Waals surface area (Å²) >= 11 is 11.1. The number of aldehydes is 1. The zero-order valence-corrected chi connectivity index (χ0v) is 7.60. The highest BCUT2D eigenvalue weighted by Gasteiger charge is 2.04. The lowest BCUT2D eigenvalue weighted by atomic mass is 10.2. The molecule has 0 atom stereocenters. The summed E-state index contributed by atoms with van der Waals surface area (Å²) in [5, 5.41) is 0.299. The number of carbonyl (C=O) groups excluding carboxylic acids is 1. The van der Waals surface area contributed by atoms with E-state index >= 15 is 0 Å². The van der Waals surface area contributed by atoms with Gasteiger partial charge in [-0.25, -0.2) is 0 Å². The standard InChI is InChI=1S/C8H6Cl2O2/c9-5-12-7-3-1-2-6(4-11)8(7)10/h1-4H,5H2. The van der Waals surface area contributed by atoms with E-state index in [9.17, 15) is 4.79 Å². The van der Waals surface area contributed by atoms with Crippen LogP contribution in [0.5, 0.6) is 5.75 Å². The Morgan fingerprint density at radius 1 is 1.50 bits per heavy atom. The van der Waals surface area contributed by atoms with Crippen LogP contribution in [0.1, 0.15) is 10.4 Å². The molecule has 0 aromatic heterocycles. The molecule has 0 fully saturated rings. The van der Waals surface area contributed by atoms with Gasteiger partial charge in [-0.1, -0.05) is 29.3 Å². The molecule has 0 N–H and O–H groups in total.